The van der Waals surface area contributed by atoms with Gasteiger partial charge in [0.25, 0.3) is 0 Å². The Morgan fingerprint density at radius 1 is 1.23 bits per heavy atom. The number of benzene rings is 1. The second-order valence-electron chi connectivity index (χ2n) is 5.85. The summed E-state index contributed by atoms with van der Waals surface area (Å²) in [7, 11) is -3.14. The molecule has 0 aliphatic heterocycles. The molecular weight excluding hydrogens is 300 g/mol. The summed E-state index contributed by atoms with van der Waals surface area (Å²) >= 11 is 0. The van der Waals surface area contributed by atoms with E-state index < -0.39 is 9.84 Å². The average Bonchev–Trinajstić information content (AvgIpc) is 3.16. The Balaban J connectivity index is 1.57. The van der Waals surface area contributed by atoms with Gasteiger partial charge in [-0.15, -0.1) is 0 Å². The Labute approximate surface area is 130 Å². The molecule has 1 aliphatic carbocycles. The molecule has 2 aromatic rings. The van der Waals surface area contributed by atoms with Gasteiger partial charge in [0.15, 0.2) is 9.84 Å². The summed E-state index contributed by atoms with van der Waals surface area (Å²) < 4.78 is 24.3. The first-order chi connectivity index (χ1) is 10.5. The molecule has 6 heteroatoms. The van der Waals surface area contributed by atoms with Crippen molar-refractivity contribution >= 4 is 32.3 Å². The largest absolute Gasteiger partial charge is 0.361 e. The van der Waals surface area contributed by atoms with E-state index in [0.717, 1.165) is 36.6 Å². The highest BCUT2D eigenvalue weighted by molar-refractivity contribution is 7.92. The van der Waals surface area contributed by atoms with Crippen LogP contribution in [0, 0.1) is 0 Å². The SMILES string of the molecule is O=C(CCS(=O)(=O)C1CCCC1)Nc1ccc2cc[nH]c2c1. The van der Waals surface area contributed by atoms with Gasteiger partial charge in [-0.25, -0.2) is 8.42 Å². The van der Waals surface area contributed by atoms with Crippen LogP contribution in [0.5, 0.6) is 0 Å². The normalized spacial score (nSPS) is 16.2. The lowest BCUT2D eigenvalue weighted by molar-refractivity contribution is -0.115. The lowest BCUT2D eigenvalue weighted by Crippen LogP contribution is -2.24. The third-order valence-corrected chi connectivity index (χ3v) is 6.52. The van der Waals surface area contributed by atoms with Crippen molar-refractivity contribution in [3.63, 3.8) is 0 Å². The van der Waals surface area contributed by atoms with Crippen molar-refractivity contribution in [1.82, 2.24) is 4.98 Å². The number of nitrogens with one attached hydrogen (secondary N) is 2. The lowest BCUT2D eigenvalue weighted by atomic mass is 10.2. The maximum atomic E-state index is 12.1. The molecule has 1 aliphatic rings. The van der Waals surface area contributed by atoms with Crippen molar-refractivity contribution in [3.8, 4) is 0 Å². The highest BCUT2D eigenvalue weighted by Crippen LogP contribution is 2.25. The fourth-order valence-corrected chi connectivity index (χ4v) is 4.85. The van der Waals surface area contributed by atoms with Gasteiger partial charge < -0.3 is 10.3 Å². The number of fused-ring (bicyclic) bond motifs is 1. The summed E-state index contributed by atoms with van der Waals surface area (Å²) in [5, 5.41) is 3.59. The molecule has 1 heterocycles. The van der Waals surface area contributed by atoms with Crippen molar-refractivity contribution in [1.29, 1.82) is 0 Å². The lowest BCUT2D eigenvalue weighted by Gasteiger charge is -2.11. The molecule has 0 saturated heterocycles. The molecule has 0 spiro atoms. The van der Waals surface area contributed by atoms with Crippen LogP contribution in [0.2, 0.25) is 0 Å². The monoisotopic (exact) mass is 320 g/mol. The molecule has 1 aromatic heterocycles. The highest BCUT2D eigenvalue weighted by atomic mass is 32.2. The maximum absolute atomic E-state index is 12.1. The zero-order valence-corrected chi connectivity index (χ0v) is 13.2. The molecular formula is C16H20N2O3S. The zero-order chi connectivity index (χ0) is 15.6. The van der Waals surface area contributed by atoms with E-state index in [-0.39, 0.29) is 23.3 Å². The van der Waals surface area contributed by atoms with E-state index in [1.807, 2.05) is 30.5 Å². The van der Waals surface area contributed by atoms with E-state index in [2.05, 4.69) is 10.3 Å². The second kappa shape index (κ2) is 6.12. The molecule has 0 radical (unpaired) electrons. The summed E-state index contributed by atoms with van der Waals surface area (Å²) in [5.41, 5.74) is 1.62. The van der Waals surface area contributed by atoms with Gasteiger partial charge in [0.1, 0.15) is 0 Å². The van der Waals surface area contributed by atoms with Gasteiger partial charge in [0, 0.05) is 23.8 Å². The number of hydrogen-bond donors (Lipinski definition) is 2. The smallest absolute Gasteiger partial charge is 0.225 e. The first-order valence-corrected chi connectivity index (χ1v) is 9.35. The van der Waals surface area contributed by atoms with Crippen LogP contribution in [0.25, 0.3) is 10.9 Å². The Morgan fingerprint density at radius 2 is 2.00 bits per heavy atom. The zero-order valence-electron chi connectivity index (χ0n) is 12.3. The minimum atomic E-state index is -3.14. The van der Waals surface area contributed by atoms with E-state index in [4.69, 9.17) is 0 Å². The first-order valence-electron chi connectivity index (χ1n) is 7.63. The maximum Gasteiger partial charge on any atom is 0.225 e. The summed E-state index contributed by atoms with van der Waals surface area (Å²) in [5.74, 6) is -0.318. The Morgan fingerprint density at radius 3 is 2.77 bits per heavy atom. The van der Waals surface area contributed by atoms with Gasteiger partial charge in [0.2, 0.25) is 5.91 Å². The molecule has 1 saturated carbocycles. The fourth-order valence-electron chi connectivity index (χ4n) is 3.00. The molecule has 2 N–H and O–H groups in total. The van der Waals surface area contributed by atoms with E-state index in [9.17, 15) is 13.2 Å². The van der Waals surface area contributed by atoms with Gasteiger partial charge in [-0.1, -0.05) is 18.9 Å². The second-order valence-corrected chi connectivity index (χ2v) is 8.25. The number of aromatic nitrogens is 1. The molecule has 5 nitrogen and oxygen atoms in total. The topological polar surface area (TPSA) is 79.0 Å². The summed E-state index contributed by atoms with van der Waals surface area (Å²) in [6.45, 7) is 0. The van der Waals surface area contributed by atoms with Crippen LogP contribution in [0.15, 0.2) is 30.5 Å². The van der Waals surface area contributed by atoms with Crippen molar-refractivity contribution in [3.05, 3.63) is 30.5 Å². The predicted octanol–water partition coefficient (Wildman–Crippen LogP) is 2.85. The van der Waals surface area contributed by atoms with Crippen LogP contribution < -0.4 is 5.32 Å². The third-order valence-electron chi connectivity index (χ3n) is 4.26. The quantitative estimate of drug-likeness (QED) is 0.889. The van der Waals surface area contributed by atoms with Crippen LogP contribution in [-0.2, 0) is 14.6 Å². The van der Waals surface area contributed by atoms with E-state index in [1.165, 1.54) is 0 Å². The Bertz CT molecular complexity index is 774. The van der Waals surface area contributed by atoms with Crippen molar-refractivity contribution in [2.45, 2.75) is 37.4 Å². The number of H-pyrrole nitrogens is 1. The molecule has 0 atom stereocenters. The van der Waals surface area contributed by atoms with E-state index >= 15 is 0 Å². The van der Waals surface area contributed by atoms with Gasteiger partial charge in [-0.05, 0) is 36.4 Å². The third kappa shape index (κ3) is 3.32. The van der Waals surface area contributed by atoms with E-state index in [1.54, 1.807) is 0 Å². The molecule has 1 amide bonds. The highest BCUT2D eigenvalue weighted by Gasteiger charge is 2.28. The predicted molar refractivity (Wildman–Crippen MR) is 87.6 cm³/mol. The van der Waals surface area contributed by atoms with Crippen LogP contribution >= 0.6 is 0 Å². The number of carbonyl (C=O) groups is 1. The number of anilines is 1. The van der Waals surface area contributed by atoms with Gasteiger partial charge in [0.05, 0.1) is 11.0 Å². The minimum absolute atomic E-state index is 0.0155. The van der Waals surface area contributed by atoms with Gasteiger partial charge >= 0.3 is 0 Å². The molecule has 0 unspecified atom stereocenters. The number of amides is 1. The van der Waals surface area contributed by atoms with E-state index in [0.29, 0.717) is 5.69 Å². The van der Waals surface area contributed by atoms with Crippen LogP contribution in [0.4, 0.5) is 5.69 Å². The number of carbonyl (C=O) groups excluding carboxylic acids is 1. The number of aromatic amines is 1. The minimum Gasteiger partial charge on any atom is -0.361 e. The molecule has 3 rings (SSSR count). The van der Waals surface area contributed by atoms with Crippen molar-refractivity contribution < 1.29 is 13.2 Å². The average molecular weight is 320 g/mol. The summed E-state index contributed by atoms with van der Waals surface area (Å²) in [4.78, 5) is 15.0. The molecule has 22 heavy (non-hydrogen) atoms. The van der Waals surface area contributed by atoms with Crippen LogP contribution in [0.3, 0.4) is 0 Å². The van der Waals surface area contributed by atoms with Crippen molar-refractivity contribution in [2.75, 3.05) is 11.1 Å². The first kappa shape index (κ1) is 15.1. The summed E-state index contributed by atoms with van der Waals surface area (Å²) in [6, 6.07) is 7.53. The van der Waals surface area contributed by atoms with Crippen LogP contribution in [-0.4, -0.2) is 30.3 Å². The number of rotatable bonds is 5. The standard InChI is InChI=1S/C16H20N2O3S/c19-16(8-10-22(20,21)14-3-1-2-4-14)18-13-6-5-12-7-9-17-15(12)11-13/h5-7,9,11,14,17H,1-4,8,10H2,(H,18,19). The van der Waals surface area contributed by atoms with Gasteiger partial charge in [-0.3, -0.25) is 4.79 Å². The molecule has 0 bridgehead atoms. The Kier molecular flexibility index (Phi) is 4.20. The molecule has 1 fully saturated rings. The number of hydrogen-bond acceptors (Lipinski definition) is 3. The van der Waals surface area contributed by atoms with Crippen molar-refractivity contribution in [2.24, 2.45) is 0 Å². The van der Waals surface area contributed by atoms with Gasteiger partial charge in [-0.2, -0.15) is 0 Å². The molecule has 118 valence electrons. The molecule has 1 aromatic carbocycles. The Hall–Kier alpha value is -1.82. The number of sulfone groups is 1. The van der Waals surface area contributed by atoms with Crippen LogP contribution in [0.1, 0.15) is 32.1 Å². The summed E-state index contributed by atoms with van der Waals surface area (Å²) in [6.07, 6.45) is 5.30. The fraction of sp³-hybridized carbons (Fsp3) is 0.438.